The number of likely N-dealkylation sites (tertiary alicyclic amines) is 1. The Morgan fingerprint density at radius 1 is 1.21 bits per heavy atom. The summed E-state index contributed by atoms with van der Waals surface area (Å²) in [6, 6.07) is 6.72. The molecule has 3 atom stereocenters. The highest BCUT2D eigenvalue weighted by Crippen LogP contribution is 2.40. The number of nitrogens with one attached hydrogen (secondary N) is 1. The lowest BCUT2D eigenvalue weighted by atomic mass is 9.94. The van der Waals surface area contributed by atoms with E-state index < -0.39 is 48.2 Å². The summed E-state index contributed by atoms with van der Waals surface area (Å²) < 4.78 is 68.0. The van der Waals surface area contributed by atoms with Crippen molar-refractivity contribution in [1.29, 1.82) is 0 Å². The van der Waals surface area contributed by atoms with Crippen LogP contribution in [-0.4, -0.2) is 53.3 Å². The Balaban J connectivity index is 1.47. The molecule has 34 heavy (non-hydrogen) atoms. The maximum Gasteiger partial charge on any atom is 0.283 e. The fraction of sp³-hybridized carbons (Fsp3) is 0.480. The zero-order valence-corrected chi connectivity index (χ0v) is 19.5. The van der Waals surface area contributed by atoms with Crippen molar-refractivity contribution in [3.63, 3.8) is 0 Å². The quantitative estimate of drug-likeness (QED) is 0.440. The number of rotatable bonds is 7. The summed E-state index contributed by atoms with van der Waals surface area (Å²) in [5.41, 5.74) is 1.43. The number of alkyl halides is 2. The predicted octanol–water partition coefficient (Wildman–Crippen LogP) is 4.89. The van der Waals surface area contributed by atoms with Gasteiger partial charge in [0.15, 0.2) is 0 Å². The number of carbonyl (C=O) groups is 1. The lowest BCUT2D eigenvalue weighted by Gasteiger charge is -2.34. The average Bonchev–Trinajstić information content (AvgIpc) is 3.51. The van der Waals surface area contributed by atoms with Gasteiger partial charge in [0, 0.05) is 17.2 Å². The van der Waals surface area contributed by atoms with Gasteiger partial charge in [0.25, 0.3) is 11.8 Å². The summed E-state index contributed by atoms with van der Waals surface area (Å²) in [5, 5.41) is 0.285. The summed E-state index contributed by atoms with van der Waals surface area (Å²) in [6.45, 7) is 1.41. The number of aryl methyl sites for hydroxylation is 1. The van der Waals surface area contributed by atoms with E-state index in [1.807, 2.05) is 0 Å². The van der Waals surface area contributed by atoms with Crippen LogP contribution < -0.4 is 4.72 Å². The van der Waals surface area contributed by atoms with Gasteiger partial charge in [0.1, 0.15) is 23.8 Å². The van der Waals surface area contributed by atoms with Crippen LogP contribution in [0.2, 0.25) is 0 Å². The molecule has 1 amide bonds. The van der Waals surface area contributed by atoms with Crippen LogP contribution in [0.1, 0.15) is 30.4 Å². The third-order valence-corrected chi connectivity index (χ3v) is 7.82. The molecule has 4 nitrogen and oxygen atoms in total. The average molecular weight is 495 g/mol. The number of ether oxygens (including phenoxy) is 1. The molecule has 2 aromatic carbocycles. The number of amides is 1. The van der Waals surface area contributed by atoms with E-state index in [1.165, 1.54) is 30.1 Å². The number of carbonyl (C=O) groups excluding carboxylic acids is 1. The second-order valence-corrected chi connectivity index (χ2v) is 10.5. The van der Waals surface area contributed by atoms with Crippen LogP contribution in [0.4, 0.5) is 17.6 Å². The van der Waals surface area contributed by atoms with Gasteiger partial charge in [-0.25, -0.2) is 17.6 Å². The van der Waals surface area contributed by atoms with Gasteiger partial charge in [-0.05, 0) is 55.0 Å². The molecule has 0 unspecified atom stereocenters. The Morgan fingerprint density at radius 3 is 2.62 bits per heavy atom. The molecule has 0 aromatic heterocycles. The molecule has 2 aliphatic heterocycles. The molecular weight excluding hydrogens is 468 g/mol. The highest BCUT2D eigenvalue weighted by molar-refractivity contribution is 7.98. The van der Waals surface area contributed by atoms with Gasteiger partial charge in [0.05, 0.1) is 19.2 Å². The molecule has 0 radical (unpaired) electrons. The number of hydrogen-bond acceptors (Lipinski definition) is 4. The van der Waals surface area contributed by atoms with Crippen LogP contribution in [0.5, 0.6) is 0 Å². The smallest absolute Gasteiger partial charge is 0.283 e. The first-order chi connectivity index (χ1) is 16.2. The highest BCUT2D eigenvalue weighted by atomic mass is 32.2. The van der Waals surface area contributed by atoms with Crippen LogP contribution in [0.25, 0.3) is 11.1 Å². The van der Waals surface area contributed by atoms with E-state index in [-0.39, 0.29) is 22.8 Å². The van der Waals surface area contributed by atoms with E-state index >= 15 is 13.2 Å². The molecule has 1 N–H and O–H groups in total. The van der Waals surface area contributed by atoms with E-state index in [0.717, 1.165) is 17.7 Å². The fourth-order valence-electron chi connectivity index (χ4n) is 4.59. The molecular formula is C25H26F4N2O2S. The predicted molar refractivity (Wildman–Crippen MR) is 123 cm³/mol. The molecule has 3 fully saturated rings. The van der Waals surface area contributed by atoms with Gasteiger partial charge in [-0.3, -0.25) is 9.52 Å². The summed E-state index contributed by atoms with van der Waals surface area (Å²) >= 11 is 1.27. The second kappa shape index (κ2) is 9.17. The van der Waals surface area contributed by atoms with E-state index in [4.69, 9.17) is 4.74 Å². The van der Waals surface area contributed by atoms with Crippen molar-refractivity contribution in [3.05, 3.63) is 59.2 Å². The molecule has 3 aliphatic rings. The van der Waals surface area contributed by atoms with Crippen LogP contribution in [-0.2, 0) is 16.0 Å². The summed E-state index contributed by atoms with van der Waals surface area (Å²) in [5.74, 6) is -4.72. The molecule has 9 heteroatoms. The molecule has 0 spiro atoms. The minimum atomic E-state index is -3.17. The molecule has 182 valence electrons. The third kappa shape index (κ3) is 4.70. The van der Waals surface area contributed by atoms with Crippen molar-refractivity contribution in [2.45, 2.75) is 62.0 Å². The molecule has 1 aliphatic carbocycles. The van der Waals surface area contributed by atoms with E-state index in [1.54, 1.807) is 25.1 Å². The highest BCUT2D eigenvalue weighted by Gasteiger charge is 2.57. The van der Waals surface area contributed by atoms with Crippen molar-refractivity contribution in [2.24, 2.45) is 0 Å². The Morgan fingerprint density at radius 2 is 1.97 bits per heavy atom. The third-order valence-electron chi connectivity index (χ3n) is 6.63. The molecule has 0 bridgehead atoms. The lowest BCUT2D eigenvalue weighted by molar-refractivity contribution is -0.158. The molecule has 2 aromatic rings. The van der Waals surface area contributed by atoms with Crippen molar-refractivity contribution in [2.75, 3.05) is 13.2 Å². The summed E-state index contributed by atoms with van der Waals surface area (Å²) in [6.07, 6.45) is 1.60. The Hall–Kier alpha value is -2.10. The van der Waals surface area contributed by atoms with Gasteiger partial charge in [0.2, 0.25) is 0 Å². The zero-order chi connectivity index (χ0) is 24.0. The van der Waals surface area contributed by atoms with Gasteiger partial charge in [-0.1, -0.05) is 36.2 Å². The van der Waals surface area contributed by atoms with Gasteiger partial charge in [-0.2, -0.15) is 0 Å². The number of benzene rings is 2. The molecule has 5 rings (SSSR count). The summed E-state index contributed by atoms with van der Waals surface area (Å²) in [7, 11) is 0. The topological polar surface area (TPSA) is 41.6 Å². The van der Waals surface area contributed by atoms with Crippen molar-refractivity contribution in [3.8, 4) is 11.1 Å². The zero-order valence-electron chi connectivity index (χ0n) is 18.7. The van der Waals surface area contributed by atoms with Gasteiger partial charge in [-0.15, -0.1) is 0 Å². The Kier molecular flexibility index (Phi) is 6.37. The van der Waals surface area contributed by atoms with Crippen LogP contribution in [0.3, 0.4) is 0 Å². The first-order valence-corrected chi connectivity index (χ1v) is 12.4. The van der Waals surface area contributed by atoms with Crippen LogP contribution in [0, 0.1) is 18.6 Å². The maximum absolute atomic E-state index is 15.6. The van der Waals surface area contributed by atoms with Gasteiger partial charge >= 0.3 is 0 Å². The van der Waals surface area contributed by atoms with Crippen molar-refractivity contribution in [1.82, 2.24) is 9.62 Å². The standard InChI is InChI=1S/C25H26F4N2O2S/c1-14-9-16(11-17(26)10-14)19-4-2-3-15(22(19)27)12-20-23(30-34-18-5-6-18)25(28,29)13-31(20)24(32)21-7-8-33-21/h2-4,9-11,18,20-21,23,30H,5-8,12-13H2,1H3/t20-,21-,23+/m0/s1. The van der Waals surface area contributed by atoms with Gasteiger partial charge < -0.3 is 9.64 Å². The first kappa shape index (κ1) is 23.6. The van der Waals surface area contributed by atoms with Crippen molar-refractivity contribution < 1.29 is 27.1 Å². The van der Waals surface area contributed by atoms with Crippen molar-refractivity contribution >= 4 is 17.9 Å². The maximum atomic E-state index is 15.6. The molecule has 2 heterocycles. The summed E-state index contributed by atoms with van der Waals surface area (Å²) in [4.78, 5) is 14.1. The van der Waals surface area contributed by atoms with E-state index in [0.29, 0.717) is 24.2 Å². The lowest BCUT2D eigenvalue weighted by Crippen LogP contribution is -2.51. The van der Waals surface area contributed by atoms with E-state index in [9.17, 15) is 9.18 Å². The monoisotopic (exact) mass is 494 g/mol. The SMILES string of the molecule is Cc1cc(F)cc(-c2cccc(C[C@H]3[C@@H](NSC4CC4)C(F)(F)CN3C(=O)[C@@H]3CCO3)c2F)c1. The normalized spacial score (nSPS) is 25.9. The molecule has 1 saturated carbocycles. The second-order valence-electron chi connectivity index (χ2n) is 9.36. The fourth-order valence-corrected chi connectivity index (χ4v) is 5.63. The minimum absolute atomic E-state index is 0.0923. The molecule has 2 saturated heterocycles. The van der Waals surface area contributed by atoms with Crippen LogP contribution >= 0.6 is 11.9 Å². The number of nitrogens with zero attached hydrogens (tertiary/aromatic N) is 1. The Bertz CT molecular complexity index is 1070. The number of hydrogen-bond donors (Lipinski definition) is 1. The van der Waals surface area contributed by atoms with E-state index in [2.05, 4.69) is 4.72 Å². The van der Waals surface area contributed by atoms with Crippen LogP contribution in [0.15, 0.2) is 36.4 Å². The minimum Gasteiger partial charge on any atom is -0.368 e. The largest absolute Gasteiger partial charge is 0.368 e. The first-order valence-electron chi connectivity index (χ1n) is 11.5. The number of halogens is 4. The Labute approximate surface area is 200 Å².